The molecular weight excluding hydrogens is 401 g/mol. The van der Waals surface area contributed by atoms with Gasteiger partial charge in [-0.3, -0.25) is 0 Å². The summed E-state index contributed by atoms with van der Waals surface area (Å²) in [7, 11) is 1.47. The molecule has 0 unspecified atom stereocenters. The van der Waals surface area contributed by atoms with E-state index in [1.807, 2.05) is 13.8 Å². The van der Waals surface area contributed by atoms with Crippen molar-refractivity contribution in [1.82, 2.24) is 0 Å². The summed E-state index contributed by atoms with van der Waals surface area (Å²) >= 11 is 6.68. The fraction of sp³-hybridized carbons (Fsp3) is 0.500. The molecular formula is C12H18Br2ClNO3. The topological polar surface area (TPSA) is 75.7 Å². The van der Waals surface area contributed by atoms with Crippen molar-refractivity contribution in [3.05, 3.63) is 20.6 Å². The van der Waals surface area contributed by atoms with Crippen LogP contribution in [0.15, 0.2) is 15.0 Å². The molecule has 0 fully saturated rings. The standard InChI is InChI=1S/C12H17Br2NO3.ClH/c1-12(2,5-16)11(15)6-4-7(18-3)10(17)9(14)8(6)13;/h4,11,16-17H,5,15H2,1-3H3;1H/t11-;/m1./s1. The number of aliphatic hydroxyl groups excluding tert-OH is 1. The van der Waals surface area contributed by atoms with Crippen molar-refractivity contribution in [2.75, 3.05) is 13.7 Å². The van der Waals surface area contributed by atoms with Gasteiger partial charge in [0.1, 0.15) is 0 Å². The van der Waals surface area contributed by atoms with E-state index >= 15 is 0 Å². The number of benzene rings is 1. The molecule has 7 heteroatoms. The van der Waals surface area contributed by atoms with Crippen molar-refractivity contribution in [3.63, 3.8) is 0 Å². The van der Waals surface area contributed by atoms with Crippen LogP contribution in [0.5, 0.6) is 11.5 Å². The quantitative estimate of drug-likeness (QED) is 0.700. The van der Waals surface area contributed by atoms with Gasteiger partial charge in [0.25, 0.3) is 0 Å². The predicted molar refractivity (Wildman–Crippen MR) is 85.1 cm³/mol. The lowest BCUT2D eigenvalue weighted by Crippen LogP contribution is -2.32. The smallest absolute Gasteiger partial charge is 0.173 e. The number of methoxy groups -OCH3 is 1. The third kappa shape index (κ3) is 3.76. The number of rotatable bonds is 4. The summed E-state index contributed by atoms with van der Waals surface area (Å²) in [6.07, 6.45) is 0. The van der Waals surface area contributed by atoms with Crippen LogP contribution in [-0.2, 0) is 0 Å². The first-order chi connectivity index (χ1) is 8.26. The van der Waals surface area contributed by atoms with Crippen molar-refractivity contribution in [3.8, 4) is 11.5 Å². The van der Waals surface area contributed by atoms with Gasteiger partial charge in [-0.25, -0.2) is 0 Å². The first kappa shape index (κ1) is 19.0. The minimum absolute atomic E-state index is 0. The van der Waals surface area contributed by atoms with Crippen LogP contribution in [0.3, 0.4) is 0 Å². The summed E-state index contributed by atoms with van der Waals surface area (Å²) in [5.74, 6) is 0.353. The molecule has 0 bridgehead atoms. The highest BCUT2D eigenvalue weighted by molar-refractivity contribution is 9.13. The maximum atomic E-state index is 9.85. The fourth-order valence-corrected chi connectivity index (χ4v) is 2.49. The highest BCUT2D eigenvalue weighted by atomic mass is 79.9. The van der Waals surface area contributed by atoms with Crippen LogP contribution in [0.1, 0.15) is 25.5 Å². The van der Waals surface area contributed by atoms with E-state index < -0.39 is 11.5 Å². The summed E-state index contributed by atoms with van der Waals surface area (Å²) in [6.45, 7) is 3.70. The lowest BCUT2D eigenvalue weighted by atomic mass is 9.82. The van der Waals surface area contributed by atoms with Gasteiger partial charge in [-0.05, 0) is 43.5 Å². The van der Waals surface area contributed by atoms with Crippen LogP contribution in [0.4, 0.5) is 0 Å². The minimum atomic E-state index is -0.482. The van der Waals surface area contributed by atoms with Crippen molar-refractivity contribution in [2.24, 2.45) is 11.1 Å². The third-order valence-electron chi connectivity index (χ3n) is 2.98. The van der Waals surface area contributed by atoms with Crippen LogP contribution >= 0.6 is 44.3 Å². The number of phenolic OH excluding ortho intramolecular Hbond substituents is 1. The summed E-state index contributed by atoms with van der Waals surface area (Å²) in [5.41, 5.74) is 6.46. The van der Waals surface area contributed by atoms with E-state index in [1.54, 1.807) is 6.07 Å². The molecule has 0 aliphatic carbocycles. The number of hydrogen-bond acceptors (Lipinski definition) is 4. The molecule has 1 atom stereocenters. The number of aromatic hydroxyl groups is 1. The van der Waals surface area contributed by atoms with Crippen LogP contribution < -0.4 is 10.5 Å². The summed E-state index contributed by atoms with van der Waals surface area (Å²) in [5, 5.41) is 19.2. The second-order valence-electron chi connectivity index (χ2n) is 4.77. The van der Waals surface area contributed by atoms with Crippen LogP contribution in [0.2, 0.25) is 0 Å². The van der Waals surface area contributed by atoms with E-state index in [-0.39, 0.29) is 24.8 Å². The fourth-order valence-electron chi connectivity index (χ4n) is 1.51. The Morgan fingerprint density at radius 3 is 2.32 bits per heavy atom. The maximum absolute atomic E-state index is 9.85. The van der Waals surface area contributed by atoms with Gasteiger partial charge in [0.15, 0.2) is 11.5 Å². The number of halogens is 3. The van der Waals surface area contributed by atoms with E-state index in [2.05, 4.69) is 31.9 Å². The summed E-state index contributed by atoms with van der Waals surface area (Å²) in [4.78, 5) is 0. The average Bonchev–Trinajstić information content (AvgIpc) is 2.35. The van der Waals surface area contributed by atoms with Crippen molar-refractivity contribution >= 4 is 44.3 Å². The van der Waals surface area contributed by atoms with Crippen LogP contribution in [0.25, 0.3) is 0 Å². The van der Waals surface area contributed by atoms with Crippen LogP contribution in [0, 0.1) is 5.41 Å². The molecule has 0 radical (unpaired) electrons. The van der Waals surface area contributed by atoms with E-state index in [0.29, 0.717) is 14.7 Å². The summed E-state index contributed by atoms with van der Waals surface area (Å²) in [6, 6.07) is 1.27. The molecule has 0 aliphatic rings. The lowest BCUT2D eigenvalue weighted by Gasteiger charge is -2.31. The lowest BCUT2D eigenvalue weighted by molar-refractivity contribution is 0.132. The normalized spacial score (nSPS) is 12.8. The molecule has 4 N–H and O–H groups in total. The molecule has 0 saturated carbocycles. The van der Waals surface area contributed by atoms with E-state index in [1.165, 1.54) is 7.11 Å². The SMILES string of the molecule is COc1cc([C@@H](N)C(C)(C)CO)c(Br)c(Br)c1O.Cl. The van der Waals surface area contributed by atoms with Gasteiger partial charge in [-0.15, -0.1) is 12.4 Å². The molecule has 1 aromatic rings. The highest BCUT2D eigenvalue weighted by Gasteiger charge is 2.30. The Balaban J connectivity index is 0.00000324. The second-order valence-corrected chi connectivity index (χ2v) is 6.35. The monoisotopic (exact) mass is 417 g/mol. The van der Waals surface area contributed by atoms with Gasteiger partial charge >= 0.3 is 0 Å². The second kappa shape index (κ2) is 7.13. The third-order valence-corrected chi connectivity index (χ3v) is 5.14. The average molecular weight is 420 g/mol. The molecule has 4 nitrogen and oxygen atoms in total. The Hall–Kier alpha value is -0.0100. The minimum Gasteiger partial charge on any atom is -0.503 e. The van der Waals surface area contributed by atoms with Gasteiger partial charge in [-0.2, -0.15) is 0 Å². The number of hydrogen-bond donors (Lipinski definition) is 3. The highest BCUT2D eigenvalue weighted by Crippen LogP contribution is 2.45. The number of aliphatic hydroxyl groups is 1. The molecule has 19 heavy (non-hydrogen) atoms. The van der Waals surface area contributed by atoms with E-state index in [9.17, 15) is 10.2 Å². The molecule has 1 aromatic carbocycles. The Morgan fingerprint density at radius 2 is 1.89 bits per heavy atom. The summed E-state index contributed by atoms with van der Waals surface area (Å²) < 4.78 is 6.25. The first-order valence-electron chi connectivity index (χ1n) is 5.37. The first-order valence-corrected chi connectivity index (χ1v) is 6.96. The zero-order valence-corrected chi connectivity index (χ0v) is 14.9. The largest absolute Gasteiger partial charge is 0.503 e. The van der Waals surface area contributed by atoms with E-state index in [0.717, 1.165) is 5.56 Å². The maximum Gasteiger partial charge on any atom is 0.173 e. The predicted octanol–water partition coefficient (Wildman–Crippen LogP) is 3.37. The molecule has 0 aliphatic heterocycles. The molecule has 0 amide bonds. The van der Waals surface area contributed by atoms with Gasteiger partial charge in [0.2, 0.25) is 0 Å². The Morgan fingerprint density at radius 1 is 1.37 bits per heavy atom. The Kier molecular flexibility index (Phi) is 7.12. The van der Waals surface area contributed by atoms with Crippen molar-refractivity contribution < 1.29 is 14.9 Å². The number of nitrogens with two attached hydrogens (primary N) is 1. The van der Waals surface area contributed by atoms with Gasteiger partial charge in [-0.1, -0.05) is 13.8 Å². The van der Waals surface area contributed by atoms with E-state index in [4.69, 9.17) is 10.5 Å². The molecule has 0 heterocycles. The van der Waals surface area contributed by atoms with Crippen LogP contribution in [-0.4, -0.2) is 23.9 Å². The Labute approximate surface area is 136 Å². The molecule has 0 spiro atoms. The van der Waals surface area contributed by atoms with Gasteiger partial charge in [0, 0.05) is 22.5 Å². The molecule has 0 aromatic heterocycles. The van der Waals surface area contributed by atoms with Gasteiger partial charge in [0.05, 0.1) is 11.6 Å². The zero-order chi connectivity index (χ0) is 14.1. The molecule has 110 valence electrons. The molecule has 0 saturated heterocycles. The Bertz CT molecular complexity index is 455. The van der Waals surface area contributed by atoms with Crippen molar-refractivity contribution in [1.29, 1.82) is 0 Å². The number of phenols is 1. The zero-order valence-electron chi connectivity index (χ0n) is 10.9. The van der Waals surface area contributed by atoms with Gasteiger partial charge < -0.3 is 20.7 Å². The molecule has 1 rings (SSSR count). The number of ether oxygens (including phenoxy) is 1. The van der Waals surface area contributed by atoms with Crippen molar-refractivity contribution in [2.45, 2.75) is 19.9 Å².